The number of hydrogen-bond acceptors (Lipinski definition) is 6. The molecule has 3 heterocycles. The molecule has 3 aromatic rings. The van der Waals surface area contributed by atoms with Crippen LogP contribution in [-0.2, 0) is 9.47 Å². The molecule has 134 valence electrons. The van der Waals surface area contributed by atoms with E-state index in [4.69, 9.17) is 21.1 Å². The van der Waals surface area contributed by atoms with Crippen molar-refractivity contribution in [1.82, 2.24) is 19.9 Å². The molecule has 0 spiro atoms. The smallest absolute Gasteiger partial charge is 0.182 e. The zero-order valence-corrected chi connectivity index (χ0v) is 15.0. The monoisotopic (exact) mass is 374 g/mol. The van der Waals surface area contributed by atoms with Gasteiger partial charge in [0.1, 0.15) is 23.1 Å². The molecular weight excluding hydrogens is 359 g/mol. The second-order valence-electron chi connectivity index (χ2n) is 6.06. The highest BCUT2D eigenvalue weighted by Gasteiger charge is 2.24. The molecule has 1 atom stereocenters. The second-order valence-corrected chi connectivity index (χ2v) is 6.49. The summed E-state index contributed by atoms with van der Waals surface area (Å²) < 4.78 is 25.7. The average molecular weight is 375 g/mol. The Hall–Kier alpha value is -2.22. The lowest BCUT2D eigenvalue weighted by molar-refractivity contribution is -0.0933. The molecule has 0 aliphatic carbocycles. The maximum absolute atomic E-state index is 14.6. The third-order valence-corrected chi connectivity index (χ3v) is 4.48. The first-order chi connectivity index (χ1) is 12.5. The van der Waals surface area contributed by atoms with E-state index in [0.29, 0.717) is 47.5 Å². The van der Waals surface area contributed by atoms with Gasteiger partial charge in [-0.2, -0.15) is 0 Å². The summed E-state index contributed by atoms with van der Waals surface area (Å²) in [5.41, 5.74) is 2.99. The first-order valence-corrected chi connectivity index (χ1v) is 8.58. The van der Waals surface area contributed by atoms with E-state index in [2.05, 4.69) is 19.9 Å². The van der Waals surface area contributed by atoms with E-state index in [9.17, 15) is 4.39 Å². The van der Waals surface area contributed by atoms with Crippen LogP contribution in [0.2, 0.25) is 5.02 Å². The van der Waals surface area contributed by atoms with E-state index >= 15 is 0 Å². The predicted molar refractivity (Wildman–Crippen MR) is 94.5 cm³/mol. The van der Waals surface area contributed by atoms with Crippen LogP contribution in [0.5, 0.6) is 0 Å². The fourth-order valence-corrected chi connectivity index (χ4v) is 2.94. The van der Waals surface area contributed by atoms with Crippen LogP contribution in [0.4, 0.5) is 4.39 Å². The molecule has 6 nitrogen and oxygen atoms in total. The quantitative estimate of drug-likeness (QED) is 0.682. The van der Waals surface area contributed by atoms with Crippen molar-refractivity contribution < 1.29 is 13.9 Å². The van der Waals surface area contributed by atoms with Gasteiger partial charge in [0.2, 0.25) is 0 Å². The van der Waals surface area contributed by atoms with Crippen LogP contribution >= 0.6 is 11.6 Å². The van der Waals surface area contributed by atoms with Gasteiger partial charge >= 0.3 is 0 Å². The van der Waals surface area contributed by atoms with Crippen molar-refractivity contribution in [3.8, 4) is 11.3 Å². The van der Waals surface area contributed by atoms with Gasteiger partial charge in [0.15, 0.2) is 11.5 Å². The molecule has 8 heteroatoms. The highest BCUT2D eigenvalue weighted by molar-refractivity contribution is 6.30. The fourth-order valence-electron chi connectivity index (χ4n) is 2.78. The molecule has 1 fully saturated rings. The van der Waals surface area contributed by atoms with Gasteiger partial charge in [0, 0.05) is 10.6 Å². The Bertz CT molecular complexity index is 993. The minimum atomic E-state index is -0.482. The first kappa shape index (κ1) is 17.2. The normalized spacial score (nSPS) is 17.6. The lowest BCUT2D eigenvalue weighted by atomic mass is 10.1. The number of aromatic nitrogens is 4. The molecule has 1 aromatic carbocycles. The van der Waals surface area contributed by atoms with Crippen molar-refractivity contribution in [2.45, 2.75) is 20.0 Å². The Morgan fingerprint density at radius 3 is 2.62 bits per heavy atom. The van der Waals surface area contributed by atoms with Crippen LogP contribution in [-0.4, -0.2) is 39.8 Å². The van der Waals surface area contributed by atoms with Crippen molar-refractivity contribution in [1.29, 1.82) is 0 Å². The van der Waals surface area contributed by atoms with Gasteiger partial charge in [-0.05, 0) is 32.0 Å². The summed E-state index contributed by atoms with van der Waals surface area (Å²) >= 11 is 5.88. The van der Waals surface area contributed by atoms with E-state index in [1.807, 2.05) is 13.8 Å². The molecule has 1 aliphatic heterocycles. The van der Waals surface area contributed by atoms with E-state index in [1.165, 1.54) is 6.07 Å². The predicted octanol–water partition coefficient (Wildman–Crippen LogP) is 3.58. The zero-order chi connectivity index (χ0) is 18.3. The SMILES string of the molecule is Cc1nc2nc(C3COCCO3)nc(-c3ccc(Cl)cc3F)c2nc1C. The lowest BCUT2D eigenvalue weighted by Crippen LogP contribution is -2.24. The van der Waals surface area contributed by atoms with Gasteiger partial charge < -0.3 is 9.47 Å². The molecule has 1 unspecified atom stereocenters. The highest BCUT2D eigenvalue weighted by atomic mass is 35.5. The Morgan fingerprint density at radius 1 is 1.08 bits per heavy atom. The molecular formula is C18H16ClFN4O2. The Labute approximate surface area is 154 Å². The Morgan fingerprint density at radius 2 is 1.88 bits per heavy atom. The second kappa shape index (κ2) is 6.83. The van der Waals surface area contributed by atoms with E-state index in [0.717, 1.165) is 11.4 Å². The molecule has 0 amide bonds. The number of benzene rings is 1. The van der Waals surface area contributed by atoms with E-state index in [-0.39, 0.29) is 5.56 Å². The Kier molecular flexibility index (Phi) is 4.52. The van der Waals surface area contributed by atoms with Gasteiger partial charge in [0.05, 0.1) is 31.2 Å². The van der Waals surface area contributed by atoms with Crippen LogP contribution in [0.1, 0.15) is 23.3 Å². The molecule has 4 rings (SSSR count). The summed E-state index contributed by atoms with van der Waals surface area (Å²) in [6.07, 6.45) is -0.425. The minimum absolute atomic E-state index is 0.289. The third-order valence-electron chi connectivity index (χ3n) is 4.25. The average Bonchev–Trinajstić information content (AvgIpc) is 2.63. The molecule has 2 aromatic heterocycles. The molecule has 1 aliphatic rings. The number of fused-ring (bicyclic) bond motifs is 1. The van der Waals surface area contributed by atoms with Crippen LogP contribution in [0.15, 0.2) is 18.2 Å². The van der Waals surface area contributed by atoms with Gasteiger partial charge in [-0.1, -0.05) is 11.6 Å². The molecule has 1 saturated heterocycles. The number of hydrogen-bond donors (Lipinski definition) is 0. The maximum atomic E-state index is 14.6. The maximum Gasteiger partial charge on any atom is 0.182 e. The summed E-state index contributed by atoms with van der Waals surface area (Å²) in [5, 5.41) is 0.312. The van der Waals surface area contributed by atoms with Crippen LogP contribution in [0.3, 0.4) is 0 Å². The van der Waals surface area contributed by atoms with E-state index in [1.54, 1.807) is 12.1 Å². The summed E-state index contributed by atoms with van der Waals surface area (Å²) in [7, 11) is 0. The minimum Gasteiger partial charge on any atom is -0.376 e. The summed E-state index contributed by atoms with van der Waals surface area (Å²) in [6, 6.07) is 4.44. The van der Waals surface area contributed by atoms with Gasteiger partial charge in [-0.15, -0.1) is 0 Å². The summed E-state index contributed by atoms with van der Waals surface area (Å²) in [4.78, 5) is 18.1. The standard InChI is InChI=1S/C18H16ClFN4O2/c1-9-10(2)22-18-16(21-9)15(12-4-3-11(19)7-13(12)20)23-17(24-18)14-8-25-5-6-26-14/h3-4,7,14H,5-6,8H2,1-2H3. The van der Waals surface area contributed by atoms with Crippen LogP contribution in [0, 0.1) is 19.7 Å². The molecule has 0 saturated carbocycles. The number of halogens is 2. The largest absolute Gasteiger partial charge is 0.376 e. The van der Waals surface area contributed by atoms with Crippen LogP contribution in [0.25, 0.3) is 22.4 Å². The third kappa shape index (κ3) is 3.13. The van der Waals surface area contributed by atoms with Gasteiger partial charge in [0.25, 0.3) is 0 Å². The van der Waals surface area contributed by atoms with Gasteiger partial charge in [-0.25, -0.2) is 24.3 Å². The van der Waals surface area contributed by atoms with Crippen molar-refractivity contribution in [3.63, 3.8) is 0 Å². The van der Waals surface area contributed by atoms with E-state index < -0.39 is 11.9 Å². The van der Waals surface area contributed by atoms with Crippen molar-refractivity contribution in [2.24, 2.45) is 0 Å². The highest BCUT2D eigenvalue weighted by Crippen LogP contribution is 2.30. The lowest BCUT2D eigenvalue weighted by Gasteiger charge is -2.22. The summed E-state index contributed by atoms with van der Waals surface area (Å²) in [5.74, 6) is -0.0802. The number of rotatable bonds is 2. The number of ether oxygens (including phenoxy) is 2. The summed E-state index contributed by atoms with van der Waals surface area (Å²) in [6.45, 7) is 5.02. The zero-order valence-electron chi connectivity index (χ0n) is 14.3. The van der Waals surface area contributed by atoms with Crippen LogP contribution < -0.4 is 0 Å². The molecule has 0 radical (unpaired) electrons. The Balaban J connectivity index is 1.97. The number of aryl methyl sites for hydroxylation is 2. The van der Waals surface area contributed by atoms with Crippen molar-refractivity contribution >= 4 is 22.8 Å². The first-order valence-electron chi connectivity index (χ1n) is 8.20. The fraction of sp³-hybridized carbons (Fsp3) is 0.333. The number of nitrogens with zero attached hydrogens (tertiary/aromatic N) is 4. The van der Waals surface area contributed by atoms with Crippen molar-refractivity contribution in [3.05, 3.63) is 46.3 Å². The van der Waals surface area contributed by atoms with Crippen molar-refractivity contribution in [2.75, 3.05) is 19.8 Å². The molecule has 26 heavy (non-hydrogen) atoms. The topological polar surface area (TPSA) is 70.0 Å². The van der Waals surface area contributed by atoms with Gasteiger partial charge in [-0.3, -0.25) is 0 Å². The molecule has 0 N–H and O–H groups in total. The molecule has 0 bridgehead atoms.